The molecule has 0 radical (unpaired) electrons. The summed E-state index contributed by atoms with van der Waals surface area (Å²) in [7, 11) is 0. The second-order valence-corrected chi connectivity index (χ2v) is 2.64. The summed E-state index contributed by atoms with van der Waals surface area (Å²) < 4.78 is 4.91. The average Bonchev–Trinajstić information content (AvgIpc) is 2.03. The second-order valence-electron chi connectivity index (χ2n) is 2.64. The first-order chi connectivity index (χ1) is 5.66. The lowest BCUT2D eigenvalue weighted by Crippen LogP contribution is -2.10. The first-order valence-corrected chi connectivity index (χ1v) is 4.86. The number of hydrogen-bond donors (Lipinski definition) is 0. The van der Waals surface area contributed by atoms with Crippen LogP contribution in [0.25, 0.3) is 0 Å². The molecule has 74 valence electrons. The minimum Gasteiger partial charge on any atom is -0.463 e. The van der Waals surface area contributed by atoms with Crippen molar-refractivity contribution < 1.29 is 9.53 Å². The van der Waals surface area contributed by atoms with Crippen molar-refractivity contribution in [1.82, 2.24) is 0 Å². The van der Waals surface area contributed by atoms with E-state index in [1.807, 2.05) is 27.7 Å². The molecule has 2 heteroatoms. The quantitative estimate of drug-likeness (QED) is 0.612. The summed E-state index contributed by atoms with van der Waals surface area (Å²) in [4.78, 5) is 10.8. The van der Waals surface area contributed by atoms with Gasteiger partial charge in [0.1, 0.15) is 0 Å². The molecule has 0 N–H and O–H groups in total. The van der Waals surface area contributed by atoms with E-state index in [1.54, 1.807) is 0 Å². The van der Waals surface area contributed by atoms with Gasteiger partial charge in [0, 0.05) is 6.42 Å². The van der Waals surface area contributed by atoms with Gasteiger partial charge in [-0.3, -0.25) is 4.79 Å². The monoisotopic (exact) mass is 174 g/mol. The van der Waals surface area contributed by atoms with Gasteiger partial charge in [-0.25, -0.2) is 0 Å². The zero-order valence-corrected chi connectivity index (χ0v) is 9.02. The van der Waals surface area contributed by atoms with Crippen LogP contribution >= 0.6 is 0 Å². The van der Waals surface area contributed by atoms with E-state index in [2.05, 4.69) is 6.92 Å². The summed E-state index contributed by atoms with van der Waals surface area (Å²) in [6, 6.07) is 0. The van der Waals surface area contributed by atoms with Gasteiger partial charge >= 0.3 is 5.97 Å². The molecule has 0 aliphatic carbocycles. The number of carbonyl (C=O) groups is 1. The highest BCUT2D eigenvalue weighted by atomic mass is 16.5. The summed E-state index contributed by atoms with van der Waals surface area (Å²) in [6.07, 6.45) is 2.58. The zero-order valence-electron chi connectivity index (χ0n) is 9.02. The van der Waals surface area contributed by atoms with Gasteiger partial charge in [-0.1, -0.05) is 27.2 Å². The van der Waals surface area contributed by atoms with Crippen LogP contribution in [0.1, 0.15) is 53.9 Å². The highest BCUT2D eigenvalue weighted by Crippen LogP contribution is 1.98. The van der Waals surface area contributed by atoms with Crippen LogP contribution in [0.15, 0.2) is 0 Å². The lowest BCUT2D eigenvalue weighted by molar-refractivity contribution is -0.147. The third kappa shape index (κ3) is 12.2. The Balaban J connectivity index is 0. The van der Waals surface area contributed by atoms with E-state index in [1.165, 1.54) is 0 Å². The van der Waals surface area contributed by atoms with Crippen molar-refractivity contribution in [2.24, 2.45) is 0 Å². The van der Waals surface area contributed by atoms with Crippen LogP contribution < -0.4 is 0 Å². The van der Waals surface area contributed by atoms with Crippen molar-refractivity contribution in [3.05, 3.63) is 0 Å². The van der Waals surface area contributed by atoms with Crippen LogP contribution in [0.4, 0.5) is 0 Å². The number of unbranched alkanes of at least 4 members (excludes halogenated alkanes) is 1. The molecule has 0 aromatic heterocycles. The smallest absolute Gasteiger partial charge is 0.306 e. The van der Waals surface area contributed by atoms with E-state index in [0.717, 1.165) is 12.8 Å². The van der Waals surface area contributed by atoms with Crippen LogP contribution in [0.3, 0.4) is 0 Å². The van der Waals surface area contributed by atoms with Gasteiger partial charge in [0.2, 0.25) is 0 Å². The van der Waals surface area contributed by atoms with Crippen LogP contribution in [-0.2, 0) is 9.53 Å². The molecule has 0 aliphatic heterocycles. The van der Waals surface area contributed by atoms with Gasteiger partial charge in [-0.05, 0) is 20.3 Å². The van der Waals surface area contributed by atoms with Crippen LogP contribution in [-0.4, -0.2) is 12.1 Å². The van der Waals surface area contributed by atoms with Crippen molar-refractivity contribution in [3.63, 3.8) is 0 Å². The van der Waals surface area contributed by atoms with Crippen LogP contribution in [0, 0.1) is 0 Å². The molecule has 2 nitrogen and oxygen atoms in total. The molecule has 0 saturated heterocycles. The van der Waals surface area contributed by atoms with Crippen molar-refractivity contribution in [3.8, 4) is 0 Å². The third-order valence-corrected chi connectivity index (χ3v) is 1.10. The lowest BCUT2D eigenvalue weighted by atomic mass is 10.2. The van der Waals surface area contributed by atoms with E-state index in [0.29, 0.717) is 6.42 Å². The number of ether oxygens (including phenoxy) is 1. The summed E-state index contributed by atoms with van der Waals surface area (Å²) in [5.41, 5.74) is 0. The van der Waals surface area contributed by atoms with Crippen LogP contribution in [0.2, 0.25) is 0 Å². The third-order valence-electron chi connectivity index (χ3n) is 1.10. The first-order valence-electron chi connectivity index (χ1n) is 4.86. The molecule has 0 spiro atoms. The predicted molar refractivity (Wildman–Crippen MR) is 52.1 cm³/mol. The molecule has 0 aliphatic rings. The summed E-state index contributed by atoms with van der Waals surface area (Å²) in [5.74, 6) is -0.0724. The van der Waals surface area contributed by atoms with Crippen LogP contribution in [0.5, 0.6) is 0 Å². The standard InChI is InChI=1S/C8H16O2.C2H6/c1-4-5-6-8(9)10-7(2)3;1-2/h7H,4-6H2,1-3H3;1-2H3. The fourth-order valence-electron chi connectivity index (χ4n) is 0.643. The molecular formula is C10H22O2. The maximum atomic E-state index is 10.8. The zero-order chi connectivity index (χ0) is 9.98. The van der Waals surface area contributed by atoms with Gasteiger partial charge in [0.25, 0.3) is 0 Å². The fourth-order valence-corrected chi connectivity index (χ4v) is 0.643. The Labute approximate surface area is 76.3 Å². The summed E-state index contributed by atoms with van der Waals surface area (Å²) in [5, 5.41) is 0. The molecule has 0 heterocycles. The Morgan fingerprint density at radius 1 is 1.33 bits per heavy atom. The highest BCUT2D eigenvalue weighted by Gasteiger charge is 2.02. The number of hydrogen-bond acceptors (Lipinski definition) is 2. The van der Waals surface area contributed by atoms with Gasteiger partial charge in [-0.15, -0.1) is 0 Å². The van der Waals surface area contributed by atoms with E-state index in [9.17, 15) is 4.79 Å². The SMILES string of the molecule is CC.CCCCC(=O)OC(C)C. The first kappa shape index (κ1) is 14.0. The maximum Gasteiger partial charge on any atom is 0.306 e. The largest absolute Gasteiger partial charge is 0.463 e. The predicted octanol–water partition coefficient (Wildman–Crippen LogP) is 3.15. The van der Waals surface area contributed by atoms with E-state index < -0.39 is 0 Å². The molecule has 0 aromatic carbocycles. The molecule has 0 amide bonds. The van der Waals surface area contributed by atoms with Crippen molar-refractivity contribution in [2.45, 2.75) is 60.0 Å². The Bertz CT molecular complexity index is 98.0. The minimum absolute atomic E-state index is 0.0318. The van der Waals surface area contributed by atoms with Crippen molar-refractivity contribution in [1.29, 1.82) is 0 Å². The topological polar surface area (TPSA) is 26.3 Å². The highest BCUT2D eigenvalue weighted by molar-refractivity contribution is 5.69. The second kappa shape index (κ2) is 10.5. The van der Waals surface area contributed by atoms with E-state index in [-0.39, 0.29) is 12.1 Å². The molecule has 0 fully saturated rings. The molecule has 12 heavy (non-hydrogen) atoms. The van der Waals surface area contributed by atoms with E-state index >= 15 is 0 Å². The number of carbonyl (C=O) groups excluding carboxylic acids is 1. The fraction of sp³-hybridized carbons (Fsp3) is 0.900. The molecule has 0 aromatic rings. The summed E-state index contributed by atoms with van der Waals surface area (Å²) in [6.45, 7) is 9.79. The van der Waals surface area contributed by atoms with Gasteiger partial charge in [-0.2, -0.15) is 0 Å². The maximum absolute atomic E-state index is 10.8. The minimum atomic E-state index is -0.0724. The van der Waals surface area contributed by atoms with Gasteiger partial charge in [0.05, 0.1) is 6.10 Å². The summed E-state index contributed by atoms with van der Waals surface area (Å²) >= 11 is 0. The molecule has 0 bridgehead atoms. The Hall–Kier alpha value is -0.530. The molecule has 0 rings (SSSR count). The number of esters is 1. The molecular weight excluding hydrogens is 152 g/mol. The number of rotatable bonds is 4. The van der Waals surface area contributed by atoms with E-state index in [4.69, 9.17) is 4.74 Å². The molecule has 0 atom stereocenters. The Morgan fingerprint density at radius 2 is 1.83 bits per heavy atom. The Morgan fingerprint density at radius 3 is 2.17 bits per heavy atom. The average molecular weight is 174 g/mol. The van der Waals surface area contributed by atoms with Crippen molar-refractivity contribution >= 4 is 5.97 Å². The normalized spacial score (nSPS) is 8.83. The Kier molecular flexibility index (Phi) is 12.2. The molecule has 0 unspecified atom stereocenters. The van der Waals surface area contributed by atoms with Gasteiger partial charge in [0.15, 0.2) is 0 Å². The van der Waals surface area contributed by atoms with Gasteiger partial charge < -0.3 is 4.74 Å². The lowest BCUT2D eigenvalue weighted by Gasteiger charge is -2.06. The van der Waals surface area contributed by atoms with Crippen molar-refractivity contribution in [2.75, 3.05) is 0 Å². The molecule has 0 saturated carbocycles.